The lowest BCUT2D eigenvalue weighted by Crippen LogP contribution is -2.50. The number of carbonyl (C=O) groups is 2. The Kier molecular flexibility index (Phi) is 4.77. The summed E-state index contributed by atoms with van der Waals surface area (Å²) in [5.74, 6) is -1.45. The van der Waals surface area contributed by atoms with E-state index in [1.807, 2.05) is 31.4 Å². The van der Waals surface area contributed by atoms with Gasteiger partial charge in [-0.15, -0.1) is 11.3 Å². The maximum Gasteiger partial charge on any atom is 0.329 e. The molecule has 0 spiro atoms. The van der Waals surface area contributed by atoms with Gasteiger partial charge >= 0.3 is 5.97 Å². The molecule has 3 aromatic heterocycles. The van der Waals surface area contributed by atoms with Crippen LogP contribution in [0.4, 0.5) is 0 Å². The van der Waals surface area contributed by atoms with E-state index in [1.165, 1.54) is 37.1 Å². The van der Waals surface area contributed by atoms with Crippen molar-refractivity contribution in [3.8, 4) is 10.6 Å². The molecule has 1 amide bonds. The summed E-state index contributed by atoms with van der Waals surface area (Å²) in [6.07, 6.45) is 1.62. The molecule has 7 nitrogen and oxygen atoms in total. The lowest BCUT2D eigenvalue weighted by Gasteiger charge is -2.31. The zero-order chi connectivity index (χ0) is 19.9. The smallest absolute Gasteiger partial charge is 0.329 e. The molecule has 0 radical (unpaired) electrons. The number of hydrogen-bond acceptors (Lipinski definition) is 5. The van der Waals surface area contributed by atoms with Crippen LogP contribution in [-0.2, 0) is 4.79 Å². The number of carboxylic acids is 1. The Balaban J connectivity index is 2.22. The molecule has 1 N–H and O–H groups in total. The quantitative estimate of drug-likeness (QED) is 0.723. The average molecular weight is 386 g/mol. The number of pyridine rings is 1. The second-order valence-corrected chi connectivity index (χ2v) is 8.13. The SMILES string of the molecule is CC(C)n1ncc2c(C(=O)N(C)C(C)(C)C(=O)O)cc(-c3cccs3)nc21. The number of hydrogen-bond donors (Lipinski definition) is 1. The monoisotopic (exact) mass is 386 g/mol. The summed E-state index contributed by atoms with van der Waals surface area (Å²) in [5, 5.41) is 16.4. The van der Waals surface area contributed by atoms with Crippen molar-refractivity contribution in [1.82, 2.24) is 19.7 Å². The first-order valence-electron chi connectivity index (χ1n) is 8.58. The minimum absolute atomic E-state index is 0.0738. The fraction of sp³-hybridized carbons (Fsp3) is 0.368. The van der Waals surface area contributed by atoms with Crippen molar-refractivity contribution in [3.05, 3.63) is 35.3 Å². The highest BCUT2D eigenvalue weighted by molar-refractivity contribution is 7.13. The van der Waals surface area contributed by atoms with Crippen molar-refractivity contribution in [2.45, 2.75) is 39.3 Å². The Bertz CT molecular complexity index is 1010. The summed E-state index contributed by atoms with van der Waals surface area (Å²) in [6.45, 7) is 6.99. The predicted molar refractivity (Wildman–Crippen MR) is 105 cm³/mol. The molecule has 27 heavy (non-hydrogen) atoms. The van der Waals surface area contributed by atoms with Crippen molar-refractivity contribution in [2.24, 2.45) is 0 Å². The van der Waals surface area contributed by atoms with Gasteiger partial charge in [0.25, 0.3) is 5.91 Å². The Morgan fingerprint density at radius 3 is 2.59 bits per heavy atom. The van der Waals surface area contributed by atoms with Crippen LogP contribution in [0.3, 0.4) is 0 Å². The molecule has 3 heterocycles. The molecule has 0 fully saturated rings. The molecular weight excluding hydrogens is 364 g/mol. The third kappa shape index (κ3) is 3.21. The summed E-state index contributed by atoms with van der Waals surface area (Å²) < 4.78 is 1.77. The fourth-order valence-corrected chi connectivity index (χ4v) is 3.39. The first-order valence-corrected chi connectivity index (χ1v) is 9.46. The number of amides is 1. The molecule has 0 bridgehead atoms. The van der Waals surface area contributed by atoms with E-state index in [4.69, 9.17) is 4.98 Å². The van der Waals surface area contributed by atoms with Crippen molar-refractivity contribution < 1.29 is 14.7 Å². The average Bonchev–Trinajstić information content (AvgIpc) is 3.28. The van der Waals surface area contributed by atoms with E-state index in [0.29, 0.717) is 22.3 Å². The number of rotatable bonds is 5. The molecule has 0 unspecified atom stereocenters. The van der Waals surface area contributed by atoms with Gasteiger partial charge in [-0.1, -0.05) is 6.07 Å². The normalized spacial score (nSPS) is 11.9. The van der Waals surface area contributed by atoms with Gasteiger partial charge in [-0.2, -0.15) is 5.10 Å². The summed E-state index contributed by atoms with van der Waals surface area (Å²) in [7, 11) is 1.50. The molecule has 3 aromatic rings. The van der Waals surface area contributed by atoms with Gasteiger partial charge < -0.3 is 10.0 Å². The van der Waals surface area contributed by atoms with Crippen LogP contribution in [0.1, 0.15) is 44.1 Å². The van der Waals surface area contributed by atoms with Crippen LogP contribution in [0.25, 0.3) is 21.6 Å². The molecule has 0 aliphatic rings. The zero-order valence-corrected chi connectivity index (χ0v) is 16.7. The molecular formula is C19H22N4O3S. The Labute approximate surface area is 161 Å². The standard InChI is InChI=1S/C19H22N4O3S/c1-11(2)23-16-13(10-20-23)12(9-14(21-16)15-7-6-8-27-15)17(24)22(5)19(3,4)18(25)26/h6-11H,1-5H3,(H,25,26). The summed E-state index contributed by atoms with van der Waals surface area (Å²) >= 11 is 1.53. The van der Waals surface area contributed by atoms with Gasteiger partial charge in [0.2, 0.25) is 0 Å². The van der Waals surface area contributed by atoms with E-state index < -0.39 is 11.5 Å². The third-order valence-electron chi connectivity index (χ3n) is 4.73. The van der Waals surface area contributed by atoms with Crippen LogP contribution in [0.15, 0.2) is 29.8 Å². The minimum Gasteiger partial charge on any atom is -0.480 e. The second kappa shape index (κ2) is 6.77. The number of carboxylic acid groups (broad SMARTS) is 1. The number of thiophene rings is 1. The van der Waals surface area contributed by atoms with Gasteiger partial charge in [-0.3, -0.25) is 4.79 Å². The highest BCUT2D eigenvalue weighted by Gasteiger charge is 2.36. The molecule has 142 valence electrons. The molecule has 0 saturated carbocycles. The number of likely N-dealkylation sites (N-methyl/N-ethyl adjacent to an activating group) is 1. The third-order valence-corrected chi connectivity index (χ3v) is 5.62. The second-order valence-electron chi connectivity index (χ2n) is 7.18. The highest BCUT2D eigenvalue weighted by Crippen LogP contribution is 2.30. The lowest BCUT2D eigenvalue weighted by molar-refractivity contribution is -0.147. The van der Waals surface area contributed by atoms with E-state index >= 15 is 0 Å². The molecule has 0 aromatic carbocycles. The van der Waals surface area contributed by atoms with Crippen molar-refractivity contribution >= 4 is 34.2 Å². The van der Waals surface area contributed by atoms with E-state index in [-0.39, 0.29) is 11.9 Å². The number of carbonyl (C=O) groups excluding carboxylic acids is 1. The van der Waals surface area contributed by atoms with E-state index in [0.717, 1.165) is 4.88 Å². The number of aliphatic carboxylic acids is 1. The maximum absolute atomic E-state index is 13.2. The molecule has 3 rings (SSSR count). The van der Waals surface area contributed by atoms with E-state index in [1.54, 1.807) is 16.9 Å². The van der Waals surface area contributed by atoms with Crippen LogP contribution < -0.4 is 0 Å². The van der Waals surface area contributed by atoms with Crippen LogP contribution >= 0.6 is 11.3 Å². The van der Waals surface area contributed by atoms with Gasteiger partial charge in [-0.05, 0) is 45.2 Å². The number of nitrogens with zero attached hydrogens (tertiary/aromatic N) is 4. The Hall–Kier alpha value is -2.74. The largest absolute Gasteiger partial charge is 0.480 e. The summed E-state index contributed by atoms with van der Waals surface area (Å²) in [4.78, 5) is 31.7. The number of fused-ring (bicyclic) bond motifs is 1. The maximum atomic E-state index is 13.2. The molecule has 0 aliphatic carbocycles. The Morgan fingerprint density at radius 2 is 2.04 bits per heavy atom. The van der Waals surface area contributed by atoms with Crippen LogP contribution in [-0.4, -0.2) is 49.2 Å². The summed E-state index contributed by atoms with van der Waals surface area (Å²) in [6, 6.07) is 5.66. The first-order chi connectivity index (χ1) is 12.6. The van der Waals surface area contributed by atoms with Gasteiger partial charge in [0.1, 0.15) is 5.54 Å². The van der Waals surface area contributed by atoms with Crippen molar-refractivity contribution in [1.29, 1.82) is 0 Å². The van der Waals surface area contributed by atoms with E-state index in [2.05, 4.69) is 5.10 Å². The fourth-order valence-electron chi connectivity index (χ4n) is 2.70. The van der Waals surface area contributed by atoms with Crippen molar-refractivity contribution in [2.75, 3.05) is 7.05 Å². The van der Waals surface area contributed by atoms with Gasteiger partial charge in [-0.25, -0.2) is 14.5 Å². The van der Waals surface area contributed by atoms with Crippen molar-refractivity contribution in [3.63, 3.8) is 0 Å². The van der Waals surface area contributed by atoms with E-state index in [9.17, 15) is 14.7 Å². The van der Waals surface area contributed by atoms with Gasteiger partial charge in [0, 0.05) is 13.1 Å². The molecule has 0 aliphatic heterocycles. The van der Waals surface area contributed by atoms with Gasteiger partial charge in [0.05, 0.1) is 27.7 Å². The predicted octanol–water partition coefficient (Wildman–Crippen LogP) is 3.68. The molecule has 0 atom stereocenters. The topological polar surface area (TPSA) is 88.3 Å². The van der Waals surface area contributed by atoms with Crippen LogP contribution in [0.5, 0.6) is 0 Å². The number of aromatic nitrogens is 3. The van der Waals surface area contributed by atoms with Crippen LogP contribution in [0, 0.1) is 0 Å². The Morgan fingerprint density at radius 1 is 1.33 bits per heavy atom. The zero-order valence-electron chi connectivity index (χ0n) is 15.9. The van der Waals surface area contributed by atoms with Gasteiger partial charge in [0.15, 0.2) is 5.65 Å². The summed E-state index contributed by atoms with van der Waals surface area (Å²) in [5.41, 5.74) is 0.335. The van der Waals surface area contributed by atoms with Crippen LogP contribution in [0.2, 0.25) is 0 Å². The minimum atomic E-state index is -1.34. The lowest BCUT2D eigenvalue weighted by atomic mass is 10.0. The first kappa shape index (κ1) is 19.0. The molecule has 0 saturated heterocycles. The highest BCUT2D eigenvalue weighted by atomic mass is 32.1. The molecule has 8 heteroatoms.